The summed E-state index contributed by atoms with van der Waals surface area (Å²) in [5.74, 6) is -1.07. The maximum absolute atomic E-state index is 12.3. The third-order valence-electron chi connectivity index (χ3n) is 6.06. The standard InChI is InChI=1S/C22H34N2O4.C2H2O4/c1-26-15-20(16-27-2)23-22(25)17-7-9-21(10-8-17)28-12-4-11-24-13-18-5-3-6-19(18)14-24;3-1(4)2(5)6/h7-10,18-20H,3-6,11-16H2,1-2H3,(H,23,25);(H,3,4)(H,5,6). The predicted molar refractivity (Wildman–Crippen MR) is 124 cm³/mol. The van der Waals surface area contributed by atoms with Crippen molar-refractivity contribution in [2.24, 2.45) is 11.8 Å². The van der Waals surface area contributed by atoms with Crippen LogP contribution in [-0.2, 0) is 19.1 Å². The lowest BCUT2D eigenvalue weighted by atomic mass is 10.0. The second-order valence-corrected chi connectivity index (χ2v) is 8.63. The molecule has 1 saturated heterocycles. The minimum atomic E-state index is -1.82. The van der Waals surface area contributed by atoms with Gasteiger partial charge in [-0.2, -0.15) is 0 Å². The highest BCUT2D eigenvalue weighted by Gasteiger charge is 2.35. The molecule has 0 aromatic heterocycles. The number of hydrogen-bond donors (Lipinski definition) is 3. The molecular weight excluding hydrogens is 444 g/mol. The smallest absolute Gasteiger partial charge is 0.414 e. The number of methoxy groups -OCH3 is 2. The number of carboxylic acids is 2. The van der Waals surface area contributed by atoms with Crippen molar-refractivity contribution in [3.05, 3.63) is 29.8 Å². The molecule has 0 radical (unpaired) electrons. The van der Waals surface area contributed by atoms with Gasteiger partial charge >= 0.3 is 11.9 Å². The average Bonchev–Trinajstić information content (AvgIpc) is 3.40. The molecule has 1 aromatic rings. The highest BCUT2D eigenvalue weighted by atomic mass is 16.5. The van der Waals surface area contributed by atoms with Crippen molar-refractivity contribution in [2.75, 3.05) is 53.7 Å². The minimum absolute atomic E-state index is 0.134. The van der Waals surface area contributed by atoms with Gasteiger partial charge in [-0.1, -0.05) is 6.42 Å². The van der Waals surface area contributed by atoms with Crippen molar-refractivity contribution in [1.82, 2.24) is 10.2 Å². The zero-order chi connectivity index (χ0) is 24.9. The van der Waals surface area contributed by atoms with Crippen LogP contribution in [0.25, 0.3) is 0 Å². The zero-order valence-corrected chi connectivity index (χ0v) is 19.9. The molecule has 190 valence electrons. The van der Waals surface area contributed by atoms with Gasteiger partial charge < -0.3 is 34.6 Å². The van der Waals surface area contributed by atoms with Crippen molar-refractivity contribution < 1.29 is 38.8 Å². The predicted octanol–water partition coefficient (Wildman–Crippen LogP) is 1.73. The molecule has 1 heterocycles. The summed E-state index contributed by atoms with van der Waals surface area (Å²) >= 11 is 0. The topological polar surface area (TPSA) is 135 Å². The Morgan fingerprint density at radius 1 is 1.00 bits per heavy atom. The van der Waals surface area contributed by atoms with E-state index in [1.54, 1.807) is 26.4 Å². The number of nitrogens with zero attached hydrogens (tertiary/aromatic N) is 1. The highest BCUT2D eigenvalue weighted by molar-refractivity contribution is 6.27. The monoisotopic (exact) mass is 480 g/mol. The molecule has 1 saturated carbocycles. The van der Waals surface area contributed by atoms with Gasteiger partial charge in [0, 0.05) is 39.4 Å². The van der Waals surface area contributed by atoms with Gasteiger partial charge in [0.05, 0.1) is 25.9 Å². The molecule has 2 fully saturated rings. The number of aliphatic carboxylic acids is 2. The van der Waals surface area contributed by atoms with Gasteiger partial charge in [-0.3, -0.25) is 4.79 Å². The van der Waals surface area contributed by atoms with Crippen molar-refractivity contribution in [3.63, 3.8) is 0 Å². The number of ether oxygens (including phenoxy) is 3. The second kappa shape index (κ2) is 14.5. The van der Waals surface area contributed by atoms with E-state index in [4.69, 9.17) is 34.0 Å². The first-order chi connectivity index (χ1) is 16.3. The Hall–Kier alpha value is -2.69. The third kappa shape index (κ3) is 9.28. The van der Waals surface area contributed by atoms with Crippen LogP contribution in [0.5, 0.6) is 5.75 Å². The SMILES string of the molecule is COCC(COC)NC(=O)c1ccc(OCCCN2CC3CCCC3C2)cc1.O=C(O)C(=O)O. The Balaban J connectivity index is 0.000000604. The quantitative estimate of drug-likeness (QED) is 0.320. The molecule has 0 bridgehead atoms. The molecule has 10 nitrogen and oxygen atoms in total. The molecule has 1 aliphatic carbocycles. The van der Waals surface area contributed by atoms with Gasteiger partial charge in [0.1, 0.15) is 5.75 Å². The molecule has 10 heteroatoms. The van der Waals surface area contributed by atoms with E-state index in [-0.39, 0.29) is 11.9 Å². The van der Waals surface area contributed by atoms with Crippen LogP contribution in [0.15, 0.2) is 24.3 Å². The normalized spacial score (nSPS) is 19.3. The van der Waals surface area contributed by atoms with E-state index in [1.807, 2.05) is 12.1 Å². The van der Waals surface area contributed by atoms with E-state index in [0.717, 1.165) is 30.6 Å². The van der Waals surface area contributed by atoms with Crippen LogP contribution < -0.4 is 10.1 Å². The lowest BCUT2D eigenvalue weighted by Crippen LogP contribution is -2.41. The first-order valence-electron chi connectivity index (χ1n) is 11.5. The van der Waals surface area contributed by atoms with E-state index in [1.165, 1.54) is 32.4 Å². The van der Waals surface area contributed by atoms with Crippen LogP contribution in [0.4, 0.5) is 0 Å². The number of fused-ring (bicyclic) bond motifs is 1. The van der Waals surface area contributed by atoms with Gasteiger partial charge in [0.2, 0.25) is 0 Å². The molecule has 1 amide bonds. The molecular formula is C24H36N2O8. The Morgan fingerprint density at radius 2 is 1.56 bits per heavy atom. The number of hydrogen-bond acceptors (Lipinski definition) is 7. The van der Waals surface area contributed by atoms with Gasteiger partial charge in [0.15, 0.2) is 0 Å². The molecule has 2 unspecified atom stereocenters. The fourth-order valence-electron chi connectivity index (χ4n) is 4.50. The van der Waals surface area contributed by atoms with Crippen LogP contribution in [0, 0.1) is 11.8 Å². The highest BCUT2D eigenvalue weighted by Crippen LogP contribution is 2.37. The largest absolute Gasteiger partial charge is 0.494 e. The molecule has 34 heavy (non-hydrogen) atoms. The summed E-state index contributed by atoms with van der Waals surface area (Å²) < 4.78 is 16.1. The molecule has 3 rings (SSSR count). The number of benzene rings is 1. The number of amides is 1. The molecule has 2 aliphatic rings. The van der Waals surface area contributed by atoms with Crippen molar-refractivity contribution in [2.45, 2.75) is 31.7 Å². The van der Waals surface area contributed by atoms with E-state index in [2.05, 4.69) is 10.2 Å². The van der Waals surface area contributed by atoms with Crippen molar-refractivity contribution in [1.29, 1.82) is 0 Å². The van der Waals surface area contributed by atoms with Crippen molar-refractivity contribution >= 4 is 17.8 Å². The summed E-state index contributed by atoms with van der Waals surface area (Å²) in [6, 6.07) is 7.14. The minimum Gasteiger partial charge on any atom is -0.494 e. The summed E-state index contributed by atoms with van der Waals surface area (Å²) in [6.45, 7) is 5.22. The summed E-state index contributed by atoms with van der Waals surface area (Å²) in [4.78, 5) is 33.1. The fourth-order valence-corrected chi connectivity index (χ4v) is 4.50. The van der Waals surface area contributed by atoms with Crippen LogP contribution in [0.2, 0.25) is 0 Å². The van der Waals surface area contributed by atoms with Gasteiger partial charge in [-0.15, -0.1) is 0 Å². The molecule has 1 aliphatic heterocycles. The third-order valence-corrected chi connectivity index (χ3v) is 6.06. The Labute approximate surface area is 200 Å². The van der Waals surface area contributed by atoms with Crippen molar-refractivity contribution in [3.8, 4) is 5.75 Å². The first kappa shape index (κ1) is 27.6. The maximum Gasteiger partial charge on any atom is 0.414 e. The fraction of sp³-hybridized carbons (Fsp3) is 0.625. The first-order valence-corrected chi connectivity index (χ1v) is 11.5. The Bertz CT molecular complexity index is 756. The number of carboxylic acid groups (broad SMARTS) is 2. The van der Waals surface area contributed by atoms with E-state index in [0.29, 0.717) is 25.4 Å². The summed E-state index contributed by atoms with van der Waals surface area (Å²) in [7, 11) is 3.21. The zero-order valence-electron chi connectivity index (χ0n) is 19.9. The van der Waals surface area contributed by atoms with E-state index in [9.17, 15) is 4.79 Å². The average molecular weight is 481 g/mol. The number of likely N-dealkylation sites (tertiary alicyclic amines) is 1. The lowest BCUT2D eigenvalue weighted by molar-refractivity contribution is -0.159. The van der Waals surface area contributed by atoms with Crippen LogP contribution in [0.1, 0.15) is 36.0 Å². The molecule has 2 atom stereocenters. The van der Waals surface area contributed by atoms with Gasteiger partial charge in [-0.25, -0.2) is 9.59 Å². The number of carbonyl (C=O) groups is 3. The Kier molecular flexibility index (Phi) is 11.8. The van der Waals surface area contributed by atoms with Crippen LogP contribution in [-0.4, -0.2) is 92.7 Å². The molecule has 0 spiro atoms. The van der Waals surface area contributed by atoms with E-state index >= 15 is 0 Å². The van der Waals surface area contributed by atoms with Gasteiger partial charge in [-0.05, 0) is 55.4 Å². The van der Waals surface area contributed by atoms with Crippen LogP contribution >= 0.6 is 0 Å². The van der Waals surface area contributed by atoms with Gasteiger partial charge in [0.25, 0.3) is 5.91 Å². The summed E-state index contributed by atoms with van der Waals surface area (Å²) in [6.07, 6.45) is 5.32. The Morgan fingerprint density at radius 3 is 2.06 bits per heavy atom. The summed E-state index contributed by atoms with van der Waals surface area (Å²) in [5.41, 5.74) is 0.605. The maximum atomic E-state index is 12.3. The summed E-state index contributed by atoms with van der Waals surface area (Å²) in [5, 5.41) is 17.7. The molecule has 1 aromatic carbocycles. The number of carbonyl (C=O) groups excluding carboxylic acids is 1. The lowest BCUT2D eigenvalue weighted by Gasteiger charge is -2.17. The second-order valence-electron chi connectivity index (χ2n) is 8.63. The number of nitrogens with one attached hydrogen (secondary N) is 1. The van der Waals surface area contributed by atoms with Crippen LogP contribution in [0.3, 0.4) is 0 Å². The molecule has 3 N–H and O–H groups in total. The number of rotatable bonds is 11. The van der Waals surface area contributed by atoms with E-state index < -0.39 is 11.9 Å².